The zero-order valence-corrected chi connectivity index (χ0v) is 11.7. The minimum Gasteiger partial charge on any atom is -0.399 e. The van der Waals surface area contributed by atoms with E-state index in [2.05, 4.69) is 0 Å². The van der Waals surface area contributed by atoms with Gasteiger partial charge in [0.15, 0.2) is 0 Å². The van der Waals surface area contributed by atoms with Gasteiger partial charge in [-0.2, -0.15) is 0 Å². The lowest BCUT2D eigenvalue weighted by Crippen LogP contribution is -2.26. The maximum absolute atomic E-state index is 13.6. The molecule has 0 heterocycles. The Morgan fingerprint density at radius 3 is 2.65 bits per heavy atom. The van der Waals surface area contributed by atoms with Crippen LogP contribution in [0.1, 0.15) is 15.9 Å². The van der Waals surface area contributed by atoms with Gasteiger partial charge in [0.25, 0.3) is 5.91 Å². The minimum absolute atomic E-state index is 0.173. The van der Waals surface area contributed by atoms with E-state index in [9.17, 15) is 9.18 Å². The van der Waals surface area contributed by atoms with Gasteiger partial charge in [-0.15, -0.1) is 0 Å². The first-order valence-electron chi connectivity index (χ1n) is 6.03. The molecule has 2 rings (SSSR count). The van der Waals surface area contributed by atoms with Crippen molar-refractivity contribution in [2.45, 2.75) is 6.54 Å². The van der Waals surface area contributed by atoms with Crippen molar-refractivity contribution in [2.75, 3.05) is 12.8 Å². The van der Waals surface area contributed by atoms with Gasteiger partial charge in [-0.05, 0) is 24.3 Å². The van der Waals surface area contributed by atoms with Crippen LogP contribution in [0.4, 0.5) is 10.1 Å². The molecule has 2 N–H and O–H groups in total. The van der Waals surface area contributed by atoms with Crippen LogP contribution in [0, 0.1) is 5.82 Å². The highest BCUT2D eigenvalue weighted by molar-refractivity contribution is 6.34. The zero-order valence-electron chi connectivity index (χ0n) is 10.9. The molecule has 0 unspecified atom stereocenters. The number of nitrogen functional groups attached to an aromatic ring is 1. The summed E-state index contributed by atoms with van der Waals surface area (Å²) in [5.41, 5.74) is 6.88. The smallest absolute Gasteiger partial charge is 0.255 e. The van der Waals surface area contributed by atoms with Crippen LogP contribution >= 0.6 is 11.6 Å². The number of benzene rings is 2. The summed E-state index contributed by atoms with van der Waals surface area (Å²) < 4.78 is 13.6. The lowest BCUT2D eigenvalue weighted by atomic mass is 10.1. The molecule has 0 atom stereocenters. The van der Waals surface area contributed by atoms with Gasteiger partial charge in [0, 0.05) is 24.8 Å². The molecule has 0 spiro atoms. The molecule has 5 heteroatoms. The van der Waals surface area contributed by atoms with E-state index in [1.165, 1.54) is 17.0 Å². The summed E-state index contributed by atoms with van der Waals surface area (Å²) in [6, 6.07) is 11.0. The molecule has 0 saturated heterocycles. The summed E-state index contributed by atoms with van der Waals surface area (Å²) in [4.78, 5) is 13.7. The van der Waals surface area contributed by atoms with Gasteiger partial charge in [-0.1, -0.05) is 29.8 Å². The van der Waals surface area contributed by atoms with Crippen molar-refractivity contribution in [2.24, 2.45) is 0 Å². The predicted molar refractivity (Wildman–Crippen MR) is 78.1 cm³/mol. The third-order valence-corrected chi connectivity index (χ3v) is 3.25. The van der Waals surface area contributed by atoms with Crippen LogP contribution in [0.5, 0.6) is 0 Å². The number of nitrogens with zero attached hydrogens (tertiary/aromatic N) is 1. The highest BCUT2D eigenvalue weighted by Crippen LogP contribution is 2.21. The van der Waals surface area contributed by atoms with Gasteiger partial charge in [0.2, 0.25) is 0 Å². The number of rotatable bonds is 3. The molecule has 0 fully saturated rings. The molecular weight excluding hydrogens is 279 g/mol. The van der Waals surface area contributed by atoms with Crippen molar-refractivity contribution in [3.8, 4) is 0 Å². The lowest BCUT2D eigenvalue weighted by Gasteiger charge is -2.18. The third-order valence-electron chi connectivity index (χ3n) is 2.94. The van der Waals surface area contributed by atoms with Crippen molar-refractivity contribution in [1.29, 1.82) is 0 Å². The third kappa shape index (κ3) is 3.08. The minimum atomic E-state index is -0.337. The Labute approximate surface area is 121 Å². The number of carbonyl (C=O) groups is 1. The second kappa shape index (κ2) is 5.92. The molecule has 0 aliphatic heterocycles. The first-order valence-corrected chi connectivity index (χ1v) is 6.40. The maximum atomic E-state index is 13.6. The molecule has 0 bridgehead atoms. The van der Waals surface area contributed by atoms with E-state index in [-0.39, 0.29) is 23.3 Å². The Kier molecular flexibility index (Phi) is 4.25. The van der Waals surface area contributed by atoms with E-state index in [0.29, 0.717) is 16.8 Å². The van der Waals surface area contributed by atoms with Gasteiger partial charge >= 0.3 is 0 Å². The monoisotopic (exact) mass is 292 g/mol. The van der Waals surface area contributed by atoms with E-state index < -0.39 is 0 Å². The Hall–Kier alpha value is -2.07. The van der Waals surface area contributed by atoms with E-state index in [1.807, 2.05) is 0 Å². The Balaban J connectivity index is 2.19. The molecule has 1 amide bonds. The van der Waals surface area contributed by atoms with Gasteiger partial charge in [-0.25, -0.2) is 4.39 Å². The summed E-state index contributed by atoms with van der Waals surface area (Å²) in [5.74, 6) is -0.617. The van der Waals surface area contributed by atoms with Gasteiger partial charge in [-0.3, -0.25) is 4.79 Å². The summed E-state index contributed by atoms with van der Waals surface area (Å²) in [5, 5.41) is 0.287. The number of hydrogen-bond donors (Lipinski definition) is 1. The molecular formula is C15H14ClFN2O. The first-order chi connectivity index (χ1) is 9.49. The summed E-state index contributed by atoms with van der Waals surface area (Å²) in [6.07, 6.45) is 0. The number of hydrogen-bond acceptors (Lipinski definition) is 2. The number of halogens is 2. The number of nitrogens with two attached hydrogens (primary N) is 1. The Bertz CT molecular complexity index is 646. The van der Waals surface area contributed by atoms with Crippen molar-refractivity contribution in [3.63, 3.8) is 0 Å². The van der Waals surface area contributed by atoms with Gasteiger partial charge in [0.05, 0.1) is 10.6 Å². The zero-order chi connectivity index (χ0) is 14.7. The highest BCUT2D eigenvalue weighted by Gasteiger charge is 2.16. The second-order valence-electron chi connectivity index (χ2n) is 4.49. The first kappa shape index (κ1) is 14.3. The highest BCUT2D eigenvalue weighted by atomic mass is 35.5. The Morgan fingerprint density at radius 2 is 2.00 bits per heavy atom. The van der Waals surface area contributed by atoms with Crippen LogP contribution in [-0.4, -0.2) is 17.9 Å². The maximum Gasteiger partial charge on any atom is 0.255 e. The lowest BCUT2D eigenvalue weighted by molar-refractivity contribution is 0.0784. The normalized spacial score (nSPS) is 10.3. The number of anilines is 1. The largest absolute Gasteiger partial charge is 0.399 e. The van der Waals surface area contributed by atoms with Crippen molar-refractivity contribution in [1.82, 2.24) is 4.90 Å². The molecule has 0 aliphatic carbocycles. The standard InChI is InChI=1S/C15H14ClFN2O/c1-19(9-10-4-2-3-5-14(10)17)15(20)12-7-6-11(18)8-13(12)16/h2-8H,9,18H2,1H3. The van der Waals surface area contributed by atoms with Gasteiger partial charge < -0.3 is 10.6 Å². The average Bonchev–Trinajstić information content (AvgIpc) is 2.40. The Morgan fingerprint density at radius 1 is 1.30 bits per heavy atom. The molecule has 0 aromatic heterocycles. The number of amides is 1. The fraction of sp³-hybridized carbons (Fsp3) is 0.133. The summed E-state index contributed by atoms with van der Waals surface area (Å²) >= 11 is 6.00. The topological polar surface area (TPSA) is 46.3 Å². The van der Waals surface area contributed by atoms with E-state index >= 15 is 0 Å². The second-order valence-corrected chi connectivity index (χ2v) is 4.90. The fourth-order valence-electron chi connectivity index (χ4n) is 1.86. The molecule has 2 aromatic rings. The molecule has 2 aromatic carbocycles. The fourth-order valence-corrected chi connectivity index (χ4v) is 2.13. The molecule has 20 heavy (non-hydrogen) atoms. The molecule has 0 aliphatic rings. The van der Waals surface area contributed by atoms with Crippen LogP contribution in [0.25, 0.3) is 0 Å². The molecule has 3 nitrogen and oxygen atoms in total. The van der Waals surface area contributed by atoms with Crippen LogP contribution < -0.4 is 5.73 Å². The van der Waals surface area contributed by atoms with E-state index in [4.69, 9.17) is 17.3 Å². The van der Waals surface area contributed by atoms with Crippen LogP contribution in [0.2, 0.25) is 5.02 Å². The van der Waals surface area contributed by atoms with Crippen molar-refractivity contribution >= 4 is 23.2 Å². The summed E-state index contributed by atoms with van der Waals surface area (Å²) in [6.45, 7) is 0.173. The molecule has 0 radical (unpaired) electrons. The van der Waals surface area contributed by atoms with E-state index in [1.54, 1.807) is 37.4 Å². The predicted octanol–water partition coefficient (Wildman–Crippen LogP) is 3.33. The molecule has 0 saturated carbocycles. The van der Waals surface area contributed by atoms with Crippen LogP contribution in [0.3, 0.4) is 0 Å². The van der Waals surface area contributed by atoms with E-state index in [0.717, 1.165) is 0 Å². The summed E-state index contributed by atoms with van der Waals surface area (Å²) in [7, 11) is 1.60. The average molecular weight is 293 g/mol. The van der Waals surface area contributed by atoms with Crippen molar-refractivity contribution in [3.05, 3.63) is 64.4 Å². The van der Waals surface area contributed by atoms with Crippen LogP contribution in [0.15, 0.2) is 42.5 Å². The van der Waals surface area contributed by atoms with Crippen molar-refractivity contribution < 1.29 is 9.18 Å². The SMILES string of the molecule is CN(Cc1ccccc1F)C(=O)c1ccc(N)cc1Cl. The number of carbonyl (C=O) groups excluding carboxylic acids is 1. The molecule has 104 valence electrons. The van der Waals surface area contributed by atoms with Gasteiger partial charge in [0.1, 0.15) is 5.82 Å². The quantitative estimate of drug-likeness (QED) is 0.882. The van der Waals surface area contributed by atoms with Crippen LogP contribution in [-0.2, 0) is 6.54 Å².